The van der Waals surface area contributed by atoms with Crippen LogP contribution in [0.15, 0.2) is 46.9 Å². The minimum atomic E-state index is 0.648. The second-order valence-corrected chi connectivity index (χ2v) is 6.19. The number of aromatic nitrogens is 2. The van der Waals surface area contributed by atoms with Gasteiger partial charge in [-0.2, -0.15) is 10.4 Å². The molecule has 0 aliphatic carbocycles. The maximum absolute atomic E-state index is 8.99. The number of fused-ring (bicyclic) bond motifs is 1. The Bertz CT molecular complexity index is 846. The molecule has 0 amide bonds. The molecule has 5 heteroatoms. The molecule has 0 saturated carbocycles. The molecule has 0 saturated heterocycles. The highest BCUT2D eigenvalue weighted by atomic mass is 79.9. The van der Waals surface area contributed by atoms with Crippen molar-refractivity contribution in [2.45, 2.75) is 11.9 Å². The van der Waals surface area contributed by atoms with E-state index in [4.69, 9.17) is 5.26 Å². The zero-order valence-electron chi connectivity index (χ0n) is 11.1. The molecule has 1 heterocycles. The lowest BCUT2D eigenvalue weighted by Crippen LogP contribution is -2.02. The Morgan fingerprint density at radius 1 is 1.19 bits per heavy atom. The average Bonchev–Trinajstić information content (AvgIpc) is 2.84. The third-order valence-corrected chi connectivity index (χ3v) is 4.33. The summed E-state index contributed by atoms with van der Waals surface area (Å²) < 4.78 is 3.01. The minimum absolute atomic E-state index is 0.648. The van der Waals surface area contributed by atoms with Gasteiger partial charge in [-0.15, -0.1) is 0 Å². The van der Waals surface area contributed by atoms with Gasteiger partial charge in [0.15, 0.2) is 0 Å². The van der Waals surface area contributed by atoms with Crippen molar-refractivity contribution in [1.82, 2.24) is 9.78 Å². The Balaban J connectivity index is 2.07. The summed E-state index contributed by atoms with van der Waals surface area (Å²) in [7, 11) is 0. The lowest BCUT2D eigenvalue weighted by molar-refractivity contribution is 0.702. The van der Waals surface area contributed by atoms with Crippen molar-refractivity contribution >= 4 is 42.8 Å². The van der Waals surface area contributed by atoms with Crippen LogP contribution in [0.25, 0.3) is 10.9 Å². The van der Waals surface area contributed by atoms with Crippen molar-refractivity contribution in [3.05, 3.63) is 63.8 Å². The van der Waals surface area contributed by atoms with Crippen molar-refractivity contribution in [1.29, 1.82) is 5.26 Å². The molecule has 1 aromatic heterocycles. The molecule has 2 aromatic carbocycles. The number of hydrogen-bond donors (Lipinski definition) is 0. The van der Waals surface area contributed by atoms with E-state index in [0.29, 0.717) is 12.1 Å². The SMILES string of the molecule is N#Cc1cccc(Cn2nc(CBr)c3ccc(Br)cc32)c1. The molecular weight excluding hydrogens is 394 g/mol. The van der Waals surface area contributed by atoms with E-state index in [1.165, 1.54) is 0 Å². The van der Waals surface area contributed by atoms with Gasteiger partial charge in [0.25, 0.3) is 0 Å². The van der Waals surface area contributed by atoms with Crippen LogP contribution in [-0.2, 0) is 11.9 Å². The lowest BCUT2D eigenvalue weighted by atomic mass is 10.1. The summed E-state index contributed by atoms with van der Waals surface area (Å²) in [6.45, 7) is 0.648. The van der Waals surface area contributed by atoms with Crippen molar-refractivity contribution in [2.24, 2.45) is 0 Å². The zero-order valence-corrected chi connectivity index (χ0v) is 14.2. The van der Waals surface area contributed by atoms with E-state index in [0.717, 1.165) is 32.0 Å². The van der Waals surface area contributed by atoms with Crippen LogP contribution >= 0.6 is 31.9 Å². The van der Waals surface area contributed by atoms with Gasteiger partial charge in [-0.1, -0.05) is 44.0 Å². The molecule has 0 fully saturated rings. The first kappa shape index (κ1) is 14.3. The fourth-order valence-corrected chi connectivity index (χ4v) is 3.11. The minimum Gasteiger partial charge on any atom is -0.260 e. The van der Waals surface area contributed by atoms with E-state index in [1.54, 1.807) is 0 Å². The number of nitrogens with zero attached hydrogens (tertiary/aromatic N) is 3. The first-order valence-corrected chi connectivity index (χ1v) is 8.32. The fourth-order valence-electron chi connectivity index (χ4n) is 2.35. The van der Waals surface area contributed by atoms with E-state index in [-0.39, 0.29) is 0 Å². The van der Waals surface area contributed by atoms with Crippen LogP contribution in [0.1, 0.15) is 16.8 Å². The van der Waals surface area contributed by atoms with Crippen LogP contribution in [0.4, 0.5) is 0 Å². The Hall–Kier alpha value is -1.64. The Kier molecular flexibility index (Phi) is 4.09. The standard InChI is InChI=1S/C16H11Br2N3/c17-8-15-14-5-4-13(18)7-16(14)21(20-15)10-12-3-1-2-11(6-12)9-19/h1-7H,8,10H2. The first-order valence-electron chi connectivity index (χ1n) is 6.41. The normalized spacial score (nSPS) is 10.7. The topological polar surface area (TPSA) is 41.6 Å². The average molecular weight is 405 g/mol. The van der Waals surface area contributed by atoms with Crippen LogP contribution in [-0.4, -0.2) is 9.78 Å². The second-order valence-electron chi connectivity index (χ2n) is 4.71. The highest BCUT2D eigenvalue weighted by Crippen LogP contribution is 2.25. The summed E-state index contributed by atoms with van der Waals surface area (Å²) in [5.41, 5.74) is 3.85. The van der Waals surface area contributed by atoms with Crippen LogP contribution in [0.2, 0.25) is 0 Å². The number of nitriles is 1. The molecule has 3 nitrogen and oxygen atoms in total. The number of alkyl halides is 1. The number of benzene rings is 2. The van der Waals surface area contributed by atoms with Crippen molar-refractivity contribution in [3.8, 4) is 6.07 Å². The maximum Gasteiger partial charge on any atom is 0.0991 e. The summed E-state index contributed by atoms with van der Waals surface area (Å²) >= 11 is 7.00. The van der Waals surface area contributed by atoms with Gasteiger partial charge in [-0.05, 0) is 35.9 Å². The van der Waals surface area contributed by atoms with E-state index >= 15 is 0 Å². The Labute approximate surface area is 139 Å². The number of rotatable bonds is 3. The predicted octanol–water partition coefficient (Wildman–Crippen LogP) is 4.61. The number of halogens is 2. The number of hydrogen-bond acceptors (Lipinski definition) is 2. The molecule has 0 N–H and O–H groups in total. The smallest absolute Gasteiger partial charge is 0.0991 e. The molecule has 3 aromatic rings. The van der Waals surface area contributed by atoms with E-state index < -0.39 is 0 Å². The summed E-state index contributed by atoms with van der Waals surface area (Å²) in [5.74, 6) is 0. The maximum atomic E-state index is 8.99. The van der Waals surface area contributed by atoms with Crippen LogP contribution < -0.4 is 0 Å². The molecule has 0 bridgehead atoms. The Morgan fingerprint density at radius 2 is 2.05 bits per heavy atom. The summed E-state index contributed by atoms with van der Waals surface area (Å²) in [6, 6.07) is 16.0. The highest BCUT2D eigenvalue weighted by Gasteiger charge is 2.10. The van der Waals surface area contributed by atoms with E-state index in [9.17, 15) is 0 Å². The van der Waals surface area contributed by atoms with Gasteiger partial charge >= 0.3 is 0 Å². The van der Waals surface area contributed by atoms with Crippen LogP contribution in [0, 0.1) is 11.3 Å². The van der Waals surface area contributed by atoms with Gasteiger partial charge in [0.2, 0.25) is 0 Å². The molecule has 0 spiro atoms. The Morgan fingerprint density at radius 3 is 2.81 bits per heavy atom. The third kappa shape index (κ3) is 2.87. The van der Waals surface area contributed by atoms with Crippen molar-refractivity contribution in [2.75, 3.05) is 0 Å². The van der Waals surface area contributed by atoms with E-state index in [2.05, 4.69) is 55.2 Å². The van der Waals surface area contributed by atoms with Crippen LogP contribution in [0.3, 0.4) is 0 Å². The zero-order chi connectivity index (χ0) is 14.8. The summed E-state index contributed by atoms with van der Waals surface area (Å²) in [5, 5.41) is 15.5. The van der Waals surface area contributed by atoms with Gasteiger partial charge in [-0.3, -0.25) is 4.68 Å². The molecule has 0 aliphatic heterocycles. The largest absolute Gasteiger partial charge is 0.260 e. The predicted molar refractivity (Wildman–Crippen MR) is 90.3 cm³/mol. The van der Waals surface area contributed by atoms with Gasteiger partial charge in [0.05, 0.1) is 29.4 Å². The van der Waals surface area contributed by atoms with Gasteiger partial charge in [-0.25, -0.2) is 0 Å². The monoisotopic (exact) mass is 403 g/mol. The summed E-state index contributed by atoms with van der Waals surface area (Å²) in [4.78, 5) is 0. The quantitative estimate of drug-likeness (QED) is 0.598. The molecule has 104 valence electrons. The van der Waals surface area contributed by atoms with Crippen molar-refractivity contribution in [3.63, 3.8) is 0 Å². The molecule has 3 rings (SSSR count). The van der Waals surface area contributed by atoms with E-state index in [1.807, 2.05) is 35.0 Å². The first-order chi connectivity index (χ1) is 10.2. The molecule has 21 heavy (non-hydrogen) atoms. The fraction of sp³-hybridized carbons (Fsp3) is 0.125. The van der Waals surface area contributed by atoms with Gasteiger partial charge in [0.1, 0.15) is 0 Å². The van der Waals surface area contributed by atoms with Gasteiger partial charge in [0, 0.05) is 15.2 Å². The summed E-state index contributed by atoms with van der Waals surface area (Å²) in [6.07, 6.45) is 0. The highest BCUT2D eigenvalue weighted by molar-refractivity contribution is 9.10. The third-order valence-electron chi connectivity index (χ3n) is 3.31. The van der Waals surface area contributed by atoms with Gasteiger partial charge < -0.3 is 0 Å². The lowest BCUT2D eigenvalue weighted by Gasteiger charge is -2.04. The second kappa shape index (κ2) is 6.00. The molecule has 0 aliphatic rings. The van der Waals surface area contributed by atoms with Crippen LogP contribution in [0.5, 0.6) is 0 Å². The molecule has 0 atom stereocenters. The molecule has 0 radical (unpaired) electrons. The van der Waals surface area contributed by atoms with Crippen molar-refractivity contribution < 1.29 is 0 Å². The molecular formula is C16H11Br2N3. The molecule has 0 unspecified atom stereocenters.